The Morgan fingerprint density at radius 3 is 2.47 bits per heavy atom. The van der Waals surface area contributed by atoms with E-state index in [-0.39, 0.29) is 11.5 Å². The molecule has 0 saturated carbocycles. The molecular weight excluding hydrogens is 478 g/mol. The van der Waals surface area contributed by atoms with Crippen LogP contribution in [0.4, 0.5) is 5.69 Å². The number of fused-ring (bicyclic) bond motifs is 1. The second-order valence-electron chi connectivity index (χ2n) is 9.99. The van der Waals surface area contributed by atoms with E-state index in [2.05, 4.69) is 17.6 Å². The average molecular weight is 514 g/mol. The van der Waals surface area contributed by atoms with Crippen molar-refractivity contribution >= 4 is 33.9 Å². The van der Waals surface area contributed by atoms with Gasteiger partial charge in [-0.1, -0.05) is 24.8 Å². The highest BCUT2D eigenvalue weighted by Crippen LogP contribution is 2.31. The molecule has 0 amide bonds. The van der Waals surface area contributed by atoms with Gasteiger partial charge in [-0.15, -0.1) is 0 Å². The maximum atomic E-state index is 13.1. The molecule has 38 heavy (non-hydrogen) atoms. The minimum absolute atomic E-state index is 0.155. The number of ether oxygens (including phenoxy) is 1. The molecule has 0 fully saturated rings. The van der Waals surface area contributed by atoms with Crippen molar-refractivity contribution in [3.8, 4) is 0 Å². The van der Waals surface area contributed by atoms with Crippen LogP contribution in [-0.2, 0) is 4.74 Å². The highest BCUT2D eigenvalue weighted by Gasteiger charge is 2.22. The Bertz CT molecular complexity index is 1520. The lowest BCUT2D eigenvalue weighted by Crippen LogP contribution is -2.24. The maximum Gasteiger partial charge on any atom is 0.340 e. The summed E-state index contributed by atoms with van der Waals surface area (Å²) in [5.74, 6) is -0.00797. The molecule has 1 unspecified atom stereocenters. The van der Waals surface area contributed by atoms with E-state index in [1.165, 1.54) is 13.1 Å². The lowest BCUT2D eigenvalue weighted by Gasteiger charge is -2.23. The minimum atomic E-state index is -0.617. The third-order valence-electron chi connectivity index (χ3n) is 5.78. The van der Waals surface area contributed by atoms with Gasteiger partial charge in [0.1, 0.15) is 16.9 Å². The molecule has 0 radical (unpaired) electrons. The van der Waals surface area contributed by atoms with Gasteiger partial charge in [0.25, 0.3) is 0 Å². The van der Waals surface area contributed by atoms with Gasteiger partial charge in [0.15, 0.2) is 5.43 Å². The zero-order chi connectivity index (χ0) is 28.2. The molecule has 3 aromatic rings. The molecule has 0 saturated heterocycles. The smallest absolute Gasteiger partial charge is 0.340 e. The fourth-order valence-corrected chi connectivity index (χ4v) is 4.08. The fraction of sp³-hybridized carbons (Fsp3) is 0.258. The summed E-state index contributed by atoms with van der Waals surface area (Å²) in [6.07, 6.45) is 5.11. The number of esters is 1. The Hall–Kier alpha value is -4.23. The van der Waals surface area contributed by atoms with Crippen molar-refractivity contribution in [1.29, 1.82) is 5.41 Å². The zero-order valence-corrected chi connectivity index (χ0v) is 22.8. The Morgan fingerprint density at radius 1 is 1.13 bits per heavy atom. The average Bonchev–Trinajstić information content (AvgIpc) is 2.86. The van der Waals surface area contributed by atoms with Crippen LogP contribution in [0.25, 0.3) is 16.5 Å². The van der Waals surface area contributed by atoms with Crippen LogP contribution in [0.15, 0.2) is 82.1 Å². The number of hydrogen-bond acceptors (Lipinski definition) is 7. The first-order valence-corrected chi connectivity index (χ1v) is 12.4. The quantitative estimate of drug-likeness (QED) is 0.343. The number of benzene rings is 2. The number of rotatable bonds is 5. The van der Waals surface area contributed by atoms with E-state index in [4.69, 9.17) is 14.6 Å². The number of aryl methyl sites for hydroxylation is 1. The van der Waals surface area contributed by atoms with E-state index in [1.807, 2.05) is 58.9 Å². The number of hydrogen-bond donors (Lipinski definition) is 3. The number of carbonyl (C=O) groups is 1. The van der Waals surface area contributed by atoms with Crippen LogP contribution in [0, 0.1) is 12.3 Å². The molecule has 198 valence electrons. The standard InChI is InChI=1S/C30H30N2O4.CH5N/c1-17-13-22(19(3)32-25-10-8-7-9-21(25)29(34)36-30(4,5)6)28-23(14-17)26(33)16-27(35-28)20-11-12-24(31)18(2)15-20;1-2/h7-16,19,31-32H,2H2,1,3-6H3;2H2,1H3. The molecular formula is C31H35N3O4. The molecule has 2 aromatic carbocycles. The lowest BCUT2D eigenvalue weighted by molar-refractivity contribution is 0.00706. The number of carbonyl (C=O) groups excluding carboxylic acids is 1. The molecule has 0 spiro atoms. The van der Waals surface area contributed by atoms with Crippen LogP contribution < -0.4 is 16.5 Å². The van der Waals surface area contributed by atoms with Crippen molar-refractivity contribution in [3.05, 3.63) is 106 Å². The molecule has 1 aliphatic carbocycles. The summed E-state index contributed by atoms with van der Waals surface area (Å²) < 4.78 is 11.9. The van der Waals surface area contributed by atoms with Gasteiger partial charge in [-0.25, -0.2) is 4.79 Å². The second kappa shape index (κ2) is 11.4. The number of nitrogens with one attached hydrogen (secondary N) is 2. The third-order valence-corrected chi connectivity index (χ3v) is 5.78. The van der Waals surface area contributed by atoms with Gasteiger partial charge in [0.2, 0.25) is 0 Å². The van der Waals surface area contributed by atoms with Gasteiger partial charge in [0.05, 0.1) is 22.7 Å². The summed E-state index contributed by atoms with van der Waals surface area (Å²) >= 11 is 0. The monoisotopic (exact) mass is 513 g/mol. The Labute approximate surface area is 223 Å². The van der Waals surface area contributed by atoms with Gasteiger partial charge in [-0.2, -0.15) is 0 Å². The van der Waals surface area contributed by atoms with E-state index in [1.54, 1.807) is 30.4 Å². The van der Waals surface area contributed by atoms with Crippen LogP contribution in [-0.4, -0.2) is 24.3 Å². The van der Waals surface area contributed by atoms with E-state index in [0.29, 0.717) is 44.8 Å². The SMILES string of the molecule is C=C1C=C(c2cc(=O)c3cc(C)cc(C(C)Nc4ccccc4C(=O)OC(C)(C)C)c3o2)C=CC1=N.CN. The molecule has 7 heteroatoms. The summed E-state index contributed by atoms with van der Waals surface area (Å²) in [6.45, 7) is 13.3. The van der Waals surface area contributed by atoms with Crippen LogP contribution in [0.2, 0.25) is 0 Å². The highest BCUT2D eigenvalue weighted by atomic mass is 16.6. The topological polar surface area (TPSA) is 118 Å². The fourth-order valence-electron chi connectivity index (χ4n) is 4.08. The van der Waals surface area contributed by atoms with Gasteiger partial charge in [-0.3, -0.25) is 4.79 Å². The molecule has 7 nitrogen and oxygen atoms in total. The van der Waals surface area contributed by atoms with Crippen LogP contribution in [0.1, 0.15) is 61.0 Å². The van der Waals surface area contributed by atoms with Gasteiger partial charge in [-0.05, 0) is 89.2 Å². The number of allylic oxidation sites excluding steroid dienone is 5. The summed E-state index contributed by atoms with van der Waals surface area (Å²) in [4.78, 5) is 25.9. The van der Waals surface area contributed by atoms with Crippen molar-refractivity contribution in [2.75, 3.05) is 12.4 Å². The molecule has 1 heterocycles. The van der Waals surface area contributed by atoms with Crippen molar-refractivity contribution in [2.24, 2.45) is 5.73 Å². The van der Waals surface area contributed by atoms with Crippen molar-refractivity contribution < 1.29 is 13.9 Å². The Morgan fingerprint density at radius 2 is 1.82 bits per heavy atom. The van der Waals surface area contributed by atoms with E-state index < -0.39 is 11.6 Å². The van der Waals surface area contributed by atoms with Crippen LogP contribution in [0.5, 0.6) is 0 Å². The molecule has 1 atom stereocenters. The molecule has 4 rings (SSSR count). The van der Waals surface area contributed by atoms with E-state index >= 15 is 0 Å². The molecule has 0 aliphatic heterocycles. The van der Waals surface area contributed by atoms with Crippen molar-refractivity contribution in [1.82, 2.24) is 0 Å². The summed E-state index contributed by atoms with van der Waals surface area (Å²) in [5.41, 5.74) is 8.51. The Kier molecular flexibility index (Phi) is 8.53. The number of nitrogens with two attached hydrogens (primary N) is 1. The van der Waals surface area contributed by atoms with Gasteiger partial charge in [0, 0.05) is 22.9 Å². The van der Waals surface area contributed by atoms with Crippen molar-refractivity contribution in [2.45, 2.75) is 46.3 Å². The predicted molar refractivity (Wildman–Crippen MR) is 155 cm³/mol. The largest absolute Gasteiger partial charge is 0.456 e. The maximum absolute atomic E-state index is 13.1. The van der Waals surface area contributed by atoms with Gasteiger partial charge < -0.3 is 25.6 Å². The summed E-state index contributed by atoms with van der Waals surface area (Å²) in [6, 6.07) is 12.2. The lowest BCUT2D eigenvalue weighted by atomic mass is 9.98. The normalized spacial score (nSPS) is 13.9. The molecule has 1 aromatic heterocycles. The van der Waals surface area contributed by atoms with Crippen LogP contribution >= 0.6 is 0 Å². The van der Waals surface area contributed by atoms with Crippen LogP contribution in [0.3, 0.4) is 0 Å². The second-order valence-corrected chi connectivity index (χ2v) is 9.99. The summed E-state index contributed by atoms with van der Waals surface area (Å²) in [5, 5.41) is 11.8. The zero-order valence-electron chi connectivity index (χ0n) is 22.8. The minimum Gasteiger partial charge on any atom is -0.456 e. The predicted octanol–water partition coefficient (Wildman–Crippen LogP) is 6.33. The third kappa shape index (κ3) is 6.36. The first-order valence-electron chi connectivity index (χ1n) is 12.4. The highest BCUT2D eigenvalue weighted by molar-refractivity contribution is 6.12. The van der Waals surface area contributed by atoms with Crippen molar-refractivity contribution in [3.63, 3.8) is 0 Å². The Balaban J connectivity index is 0.00000195. The first-order chi connectivity index (χ1) is 17.9. The first kappa shape index (κ1) is 28.3. The number of para-hydroxylation sites is 1. The number of anilines is 1. The molecule has 1 aliphatic rings. The molecule has 4 N–H and O–H groups in total. The van der Waals surface area contributed by atoms with E-state index in [0.717, 1.165) is 11.1 Å². The molecule has 0 bridgehead atoms. The van der Waals surface area contributed by atoms with E-state index in [9.17, 15) is 9.59 Å². The van der Waals surface area contributed by atoms with Gasteiger partial charge >= 0.3 is 5.97 Å². The summed E-state index contributed by atoms with van der Waals surface area (Å²) in [7, 11) is 1.50.